The number of carbonyl (C=O) groups is 1. The molecule has 2 aromatic rings. The van der Waals surface area contributed by atoms with Gasteiger partial charge in [-0.2, -0.15) is 0 Å². The Morgan fingerprint density at radius 2 is 2.12 bits per heavy atom. The number of hydrogen-bond donors (Lipinski definition) is 0. The van der Waals surface area contributed by atoms with Crippen LogP contribution >= 0.6 is 0 Å². The van der Waals surface area contributed by atoms with Gasteiger partial charge >= 0.3 is 0 Å². The van der Waals surface area contributed by atoms with Crippen molar-refractivity contribution in [1.82, 2.24) is 15.1 Å². The van der Waals surface area contributed by atoms with Gasteiger partial charge in [0.15, 0.2) is 0 Å². The third-order valence-electron chi connectivity index (χ3n) is 4.35. The summed E-state index contributed by atoms with van der Waals surface area (Å²) in [7, 11) is 1.62. The minimum absolute atomic E-state index is 0.00979. The molecule has 6 nitrogen and oxygen atoms in total. The van der Waals surface area contributed by atoms with E-state index in [-0.39, 0.29) is 17.7 Å². The summed E-state index contributed by atoms with van der Waals surface area (Å²) < 4.78 is 11.2. The van der Waals surface area contributed by atoms with Crippen LogP contribution in [0, 0.1) is 5.92 Å². The number of aromatic nitrogens is 2. The number of rotatable bonds is 4. The number of piperidine rings is 1. The van der Waals surface area contributed by atoms with Crippen LogP contribution in [0.25, 0.3) is 11.5 Å². The first-order chi connectivity index (χ1) is 11.6. The van der Waals surface area contributed by atoms with Crippen molar-refractivity contribution in [2.24, 2.45) is 5.92 Å². The van der Waals surface area contributed by atoms with Gasteiger partial charge in [-0.05, 0) is 25.0 Å². The molecule has 1 aliphatic heterocycles. The van der Waals surface area contributed by atoms with Gasteiger partial charge in [0.2, 0.25) is 11.8 Å². The first kappa shape index (κ1) is 16.5. The second kappa shape index (κ2) is 7.03. The molecule has 1 aliphatic rings. The zero-order valence-electron chi connectivity index (χ0n) is 14.4. The average molecular weight is 329 g/mol. The molecule has 2 heterocycles. The second-order valence-corrected chi connectivity index (χ2v) is 6.42. The molecule has 1 aromatic heterocycles. The van der Waals surface area contributed by atoms with Gasteiger partial charge in [0, 0.05) is 19.0 Å². The van der Waals surface area contributed by atoms with Crippen LogP contribution in [0.2, 0.25) is 0 Å². The van der Waals surface area contributed by atoms with Gasteiger partial charge in [0.05, 0.1) is 18.6 Å². The summed E-state index contributed by atoms with van der Waals surface area (Å²) in [6.45, 7) is 5.31. The summed E-state index contributed by atoms with van der Waals surface area (Å²) in [5.41, 5.74) is 0.782. The number of benzene rings is 1. The van der Waals surface area contributed by atoms with E-state index in [0.717, 1.165) is 24.9 Å². The Balaban J connectivity index is 1.79. The molecule has 1 amide bonds. The minimum atomic E-state index is 0.00979. The van der Waals surface area contributed by atoms with E-state index in [4.69, 9.17) is 9.15 Å². The van der Waals surface area contributed by atoms with Crippen LogP contribution in [0.5, 0.6) is 5.75 Å². The number of hydrogen-bond acceptors (Lipinski definition) is 5. The number of para-hydroxylation sites is 1. The molecule has 3 rings (SSSR count). The Labute approximate surface area is 141 Å². The van der Waals surface area contributed by atoms with Crippen molar-refractivity contribution in [3.8, 4) is 17.2 Å². The highest BCUT2D eigenvalue weighted by Crippen LogP contribution is 2.32. The fourth-order valence-corrected chi connectivity index (χ4v) is 3.07. The van der Waals surface area contributed by atoms with Gasteiger partial charge in [-0.25, -0.2) is 0 Å². The normalized spacial score (nSPS) is 18.0. The van der Waals surface area contributed by atoms with E-state index in [1.807, 2.05) is 43.0 Å². The lowest BCUT2D eigenvalue weighted by Crippen LogP contribution is -2.41. The highest BCUT2D eigenvalue weighted by molar-refractivity contribution is 5.78. The zero-order valence-corrected chi connectivity index (χ0v) is 14.4. The van der Waals surface area contributed by atoms with Gasteiger partial charge in [0.1, 0.15) is 5.75 Å². The SMILES string of the molecule is COc1ccccc1-c1nnc(C2CCCN(C(=O)C(C)C)C2)o1. The maximum absolute atomic E-state index is 12.2. The third kappa shape index (κ3) is 3.27. The molecular weight excluding hydrogens is 306 g/mol. The molecule has 1 aromatic carbocycles. The van der Waals surface area contributed by atoms with E-state index < -0.39 is 0 Å². The standard InChI is InChI=1S/C18H23N3O3/c1-12(2)18(22)21-10-6-7-13(11-21)16-19-20-17(24-16)14-8-4-5-9-15(14)23-3/h4-5,8-9,12-13H,6-7,10-11H2,1-3H3. The number of ether oxygens (including phenoxy) is 1. The van der Waals surface area contributed by atoms with Gasteiger partial charge in [-0.1, -0.05) is 26.0 Å². The van der Waals surface area contributed by atoms with E-state index in [1.54, 1.807) is 7.11 Å². The molecule has 1 saturated heterocycles. The Hall–Kier alpha value is -2.37. The molecule has 24 heavy (non-hydrogen) atoms. The number of likely N-dealkylation sites (tertiary alicyclic amines) is 1. The van der Waals surface area contributed by atoms with Crippen LogP contribution in [0.3, 0.4) is 0 Å². The summed E-state index contributed by atoms with van der Waals surface area (Å²) in [5, 5.41) is 8.40. The quantitative estimate of drug-likeness (QED) is 0.862. The van der Waals surface area contributed by atoms with Crippen LogP contribution in [0.1, 0.15) is 38.5 Å². The first-order valence-electron chi connectivity index (χ1n) is 8.35. The van der Waals surface area contributed by atoms with Crippen molar-refractivity contribution in [3.63, 3.8) is 0 Å². The van der Waals surface area contributed by atoms with Crippen molar-refractivity contribution in [3.05, 3.63) is 30.2 Å². The Morgan fingerprint density at radius 1 is 1.33 bits per heavy atom. The Bertz CT molecular complexity index is 711. The zero-order chi connectivity index (χ0) is 17.1. The fraction of sp³-hybridized carbons (Fsp3) is 0.500. The molecule has 0 radical (unpaired) electrons. The van der Waals surface area contributed by atoms with Gasteiger partial charge in [-0.15, -0.1) is 10.2 Å². The van der Waals surface area contributed by atoms with Crippen LogP contribution in [-0.2, 0) is 4.79 Å². The lowest BCUT2D eigenvalue weighted by atomic mass is 9.97. The van der Waals surface area contributed by atoms with E-state index >= 15 is 0 Å². The maximum atomic E-state index is 12.2. The summed E-state index contributed by atoms with van der Waals surface area (Å²) >= 11 is 0. The molecule has 1 unspecified atom stereocenters. The predicted molar refractivity (Wildman–Crippen MR) is 89.7 cm³/mol. The maximum Gasteiger partial charge on any atom is 0.251 e. The van der Waals surface area contributed by atoms with Crippen molar-refractivity contribution >= 4 is 5.91 Å². The van der Waals surface area contributed by atoms with Gasteiger partial charge < -0.3 is 14.1 Å². The Morgan fingerprint density at radius 3 is 2.88 bits per heavy atom. The summed E-state index contributed by atoms with van der Waals surface area (Å²) in [4.78, 5) is 14.1. The van der Waals surface area contributed by atoms with Crippen molar-refractivity contribution in [2.75, 3.05) is 20.2 Å². The molecule has 0 bridgehead atoms. The van der Waals surface area contributed by atoms with Crippen LogP contribution in [0.4, 0.5) is 0 Å². The number of methoxy groups -OCH3 is 1. The van der Waals surface area contributed by atoms with Crippen molar-refractivity contribution in [2.45, 2.75) is 32.6 Å². The number of carbonyl (C=O) groups excluding carboxylic acids is 1. The van der Waals surface area contributed by atoms with E-state index in [2.05, 4.69) is 10.2 Å². The smallest absolute Gasteiger partial charge is 0.251 e. The topological polar surface area (TPSA) is 68.5 Å². The lowest BCUT2D eigenvalue weighted by molar-refractivity contribution is -0.135. The molecule has 0 saturated carbocycles. The summed E-state index contributed by atoms with van der Waals surface area (Å²) in [6.07, 6.45) is 1.91. The first-order valence-corrected chi connectivity index (χ1v) is 8.35. The molecule has 0 aliphatic carbocycles. The van der Waals surface area contributed by atoms with E-state index in [0.29, 0.717) is 24.1 Å². The Kier molecular flexibility index (Phi) is 4.83. The highest BCUT2D eigenvalue weighted by atomic mass is 16.5. The van der Waals surface area contributed by atoms with E-state index in [1.165, 1.54) is 0 Å². The molecule has 128 valence electrons. The molecule has 0 N–H and O–H groups in total. The van der Waals surface area contributed by atoms with Gasteiger partial charge in [-0.3, -0.25) is 4.79 Å². The average Bonchev–Trinajstić information content (AvgIpc) is 3.11. The second-order valence-electron chi connectivity index (χ2n) is 6.42. The largest absolute Gasteiger partial charge is 0.496 e. The molecular formula is C18H23N3O3. The van der Waals surface area contributed by atoms with Crippen LogP contribution in [-0.4, -0.2) is 41.2 Å². The number of amides is 1. The number of nitrogens with zero attached hydrogens (tertiary/aromatic N) is 3. The van der Waals surface area contributed by atoms with Crippen LogP contribution in [0.15, 0.2) is 28.7 Å². The van der Waals surface area contributed by atoms with Crippen LogP contribution < -0.4 is 4.74 Å². The van der Waals surface area contributed by atoms with Crippen molar-refractivity contribution < 1.29 is 13.9 Å². The highest BCUT2D eigenvalue weighted by Gasteiger charge is 2.29. The monoisotopic (exact) mass is 329 g/mol. The van der Waals surface area contributed by atoms with Crippen molar-refractivity contribution in [1.29, 1.82) is 0 Å². The fourth-order valence-electron chi connectivity index (χ4n) is 3.07. The minimum Gasteiger partial charge on any atom is -0.496 e. The lowest BCUT2D eigenvalue weighted by Gasteiger charge is -2.32. The molecule has 1 fully saturated rings. The molecule has 0 spiro atoms. The predicted octanol–water partition coefficient (Wildman–Crippen LogP) is 3.11. The van der Waals surface area contributed by atoms with E-state index in [9.17, 15) is 4.79 Å². The van der Waals surface area contributed by atoms with Gasteiger partial charge in [0.25, 0.3) is 5.89 Å². The summed E-state index contributed by atoms with van der Waals surface area (Å²) in [5.74, 6) is 2.04. The summed E-state index contributed by atoms with van der Waals surface area (Å²) in [6, 6.07) is 7.57. The third-order valence-corrected chi connectivity index (χ3v) is 4.35. The molecule has 1 atom stereocenters. The molecule has 6 heteroatoms.